The second kappa shape index (κ2) is 18.8. The highest BCUT2D eigenvalue weighted by molar-refractivity contribution is 4.57. The molecule has 0 aromatic carbocycles. The first-order valence-electron chi connectivity index (χ1n) is 9.11. The van der Waals surface area contributed by atoms with Crippen LogP contribution < -0.4 is 32.7 Å². The molecule has 6 nitrogen and oxygen atoms in total. The molecule has 134 valence electrons. The van der Waals surface area contributed by atoms with Gasteiger partial charge in [0.25, 0.3) is 0 Å². The van der Waals surface area contributed by atoms with E-state index in [1.165, 1.54) is 25.7 Å². The lowest BCUT2D eigenvalue weighted by Gasteiger charge is -2.08. The van der Waals surface area contributed by atoms with Gasteiger partial charge in [0.15, 0.2) is 0 Å². The van der Waals surface area contributed by atoms with Crippen LogP contribution in [0.3, 0.4) is 0 Å². The van der Waals surface area contributed by atoms with E-state index in [0.717, 1.165) is 65.2 Å². The summed E-state index contributed by atoms with van der Waals surface area (Å²) in [5.74, 6) is 0. The maximum atomic E-state index is 5.49. The summed E-state index contributed by atoms with van der Waals surface area (Å²) < 4.78 is 0. The molecule has 0 aliphatic carbocycles. The maximum Gasteiger partial charge on any atom is 0.0521 e. The van der Waals surface area contributed by atoms with Gasteiger partial charge in [0.2, 0.25) is 0 Å². The van der Waals surface area contributed by atoms with Gasteiger partial charge in [-0.05, 0) is 90.9 Å². The maximum absolute atomic E-state index is 5.49. The molecule has 0 heterocycles. The number of nitrogens with one attached hydrogen (secondary N) is 4. The molecule has 0 aromatic rings. The summed E-state index contributed by atoms with van der Waals surface area (Å²) in [6.07, 6.45) is 6.60. The molecule has 0 atom stereocenters. The first-order chi connectivity index (χ1) is 10.8. The zero-order chi connectivity index (χ0) is 16.3. The predicted molar refractivity (Wildman–Crippen MR) is 97.0 cm³/mol. The molecule has 0 bridgehead atoms. The van der Waals surface area contributed by atoms with Crippen LogP contribution in [-0.4, -0.2) is 58.5 Å². The van der Waals surface area contributed by atoms with E-state index in [9.17, 15) is 0 Å². The second-order valence-corrected chi connectivity index (χ2v) is 5.87. The molecule has 0 aliphatic rings. The molecule has 0 rings (SSSR count). The topological polar surface area (TPSA) is 100 Å². The molecule has 0 saturated heterocycles. The van der Waals surface area contributed by atoms with Gasteiger partial charge >= 0.3 is 0 Å². The molecule has 0 fully saturated rings. The van der Waals surface area contributed by atoms with Gasteiger partial charge in [0.05, 0.1) is 6.17 Å². The lowest BCUT2D eigenvalue weighted by molar-refractivity contribution is 0.534. The van der Waals surface area contributed by atoms with E-state index in [1.54, 1.807) is 0 Å². The van der Waals surface area contributed by atoms with Crippen molar-refractivity contribution in [2.75, 3.05) is 52.4 Å². The molecular formula is C16H40N6. The Labute approximate surface area is 137 Å². The minimum Gasteiger partial charge on any atom is -0.317 e. The van der Waals surface area contributed by atoms with Crippen molar-refractivity contribution in [2.24, 2.45) is 11.5 Å². The van der Waals surface area contributed by atoms with Crippen LogP contribution in [0.2, 0.25) is 0 Å². The molecule has 8 N–H and O–H groups in total. The van der Waals surface area contributed by atoms with Crippen molar-refractivity contribution < 1.29 is 0 Å². The normalized spacial score (nSPS) is 11.5. The van der Waals surface area contributed by atoms with Crippen molar-refractivity contribution in [1.29, 1.82) is 0 Å². The van der Waals surface area contributed by atoms with Crippen molar-refractivity contribution in [3.8, 4) is 0 Å². The Morgan fingerprint density at radius 3 is 1.32 bits per heavy atom. The van der Waals surface area contributed by atoms with Crippen LogP contribution in [-0.2, 0) is 0 Å². The third-order valence-corrected chi connectivity index (χ3v) is 3.44. The summed E-state index contributed by atoms with van der Waals surface area (Å²) in [6, 6.07) is 0. The molecule has 22 heavy (non-hydrogen) atoms. The molecule has 0 aliphatic heterocycles. The Morgan fingerprint density at radius 2 is 0.955 bits per heavy atom. The fourth-order valence-electron chi connectivity index (χ4n) is 2.15. The van der Waals surface area contributed by atoms with E-state index in [0.29, 0.717) is 0 Å². The lowest BCUT2D eigenvalue weighted by Crippen LogP contribution is -2.31. The van der Waals surface area contributed by atoms with Gasteiger partial charge in [-0.25, -0.2) is 0 Å². The third kappa shape index (κ3) is 19.8. The van der Waals surface area contributed by atoms with Gasteiger partial charge in [-0.15, -0.1) is 0 Å². The number of hydrogen-bond acceptors (Lipinski definition) is 6. The Hall–Kier alpha value is -0.240. The van der Waals surface area contributed by atoms with Crippen LogP contribution in [0.15, 0.2) is 0 Å². The second-order valence-electron chi connectivity index (χ2n) is 5.87. The van der Waals surface area contributed by atoms with E-state index in [2.05, 4.69) is 28.2 Å². The average molecular weight is 317 g/mol. The smallest absolute Gasteiger partial charge is 0.0521 e. The van der Waals surface area contributed by atoms with Crippen LogP contribution in [0, 0.1) is 0 Å². The average Bonchev–Trinajstić information content (AvgIpc) is 2.50. The van der Waals surface area contributed by atoms with Crippen molar-refractivity contribution in [2.45, 2.75) is 51.6 Å². The Morgan fingerprint density at radius 1 is 0.591 bits per heavy atom. The van der Waals surface area contributed by atoms with Crippen molar-refractivity contribution in [3.63, 3.8) is 0 Å². The van der Waals surface area contributed by atoms with Crippen LogP contribution in [0.5, 0.6) is 0 Å². The molecule has 0 amide bonds. The Balaban J connectivity index is 2.94. The zero-order valence-corrected chi connectivity index (χ0v) is 14.6. The quantitative estimate of drug-likeness (QED) is 0.157. The van der Waals surface area contributed by atoms with E-state index in [4.69, 9.17) is 11.5 Å². The summed E-state index contributed by atoms with van der Waals surface area (Å²) in [6.45, 7) is 11.0. The van der Waals surface area contributed by atoms with Crippen molar-refractivity contribution >= 4 is 0 Å². The highest BCUT2D eigenvalue weighted by atomic mass is 14.9. The molecule has 0 aromatic heterocycles. The molecule has 0 unspecified atom stereocenters. The summed E-state index contributed by atoms with van der Waals surface area (Å²) in [5.41, 5.74) is 11.0. The predicted octanol–water partition coefficient (Wildman–Crippen LogP) is -0.0512. The van der Waals surface area contributed by atoms with Gasteiger partial charge in [-0.3, -0.25) is 0 Å². The summed E-state index contributed by atoms with van der Waals surface area (Å²) in [4.78, 5) is 0. The summed E-state index contributed by atoms with van der Waals surface area (Å²) >= 11 is 0. The first kappa shape index (κ1) is 21.8. The summed E-state index contributed by atoms with van der Waals surface area (Å²) in [7, 11) is 0. The van der Waals surface area contributed by atoms with Gasteiger partial charge in [-0.2, -0.15) is 0 Å². The SMILES string of the molecule is CCCNCCCNCCCNCCCNCCCC(N)N. The minimum absolute atomic E-state index is 0.162. The van der Waals surface area contributed by atoms with E-state index in [-0.39, 0.29) is 6.17 Å². The van der Waals surface area contributed by atoms with Crippen LogP contribution in [0.4, 0.5) is 0 Å². The van der Waals surface area contributed by atoms with E-state index >= 15 is 0 Å². The molecule has 6 heteroatoms. The van der Waals surface area contributed by atoms with E-state index in [1.807, 2.05) is 0 Å². The minimum atomic E-state index is -0.162. The number of hydrogen-bond donors (Lipinski definition) is 6. The molecule has 0 saturated carbocycles. The van der Waals surface area contributed by atoms with Gasteiger partial charge < -0.3 is 32.7 Å². The molecule has 0 spiro atoms. The zero-order valence-electron chi connectivity index (χ0n) is 14.6. The lowest BCUT2D eigenvalue weighted by atomic mass is 10.2. The standard InChI is InChI=1S/C16H40N6/c1-2-8-19-10-4-12-21-14-6-15-22-13-5-11-20-9-3-7-16(17)18/h16,19-22H,2-15,17-18H2,1H3. The van der Waals surface area contributed by atoms with Gasteiger partial charge in [0.1, 0.15) is 0 Å². The monoisotopic (exact) mass is 316 g/mol. The number of rotatable bonds is 18. The number of nitrogens with two attached hydrogens (primary N) is 2. The van der Waals surface area contributed by atoms with Crippen molar-refractivity contribution in [1.82, 2.24) is 21.3 Å². The third-order valence-electron chi connectivity index (χ3n) is 3.44. The molecular weight excluding hydrogens is 276 g/mol. The summed E-state index contributed by atoms with van der Waals surface area (Å²) in [5, 5.41) is 13.8. The van der Waals surface area contributed by atoms with Crippen LogP contribution in [0.25, 0.3) is 0 Å². The molecule has 0 radical (unpaired) electrons. The van der Waals surface area contributed by atoms with Crippen molar-refractivity contribution in [3.05, 3.63) is 0 Å². The van der Waals surface area contributed by atoms with Crippen LogP contribution >= 0.6 is 0 Å². The highest BCUT2D eigenvalue weighted by Crippen LogP contribution is 1.86. The fourth-order valence-corrected chi connectivity index (χ4v) is 2.15. The van der Waals surface area contributed by atoms with Crippen LogP contribution in [0.1, 0.15) is 45.4 Å². The van der Waals surface area contributed by atoms with E-state index < -0.39 is 0 Å². The Kier molecular flexibility index (Phi) is 18.6. The Bertz CT molecular complexity index is 201. The van der Waals surface area contributed by atoms with Gasteiger partial charge in [0, 0.05) is 0 Å². The highest BCUT2D eigenvalue weighted by Gasteiger charge is 1.94. The first-order valence-corrected chi connectivity index (χ1v) is 9.11. The largest absolute Gasteiger partial charge is 0.317 e. The van der Waals surface area contributed by atoms with Gasteiger partial charge in [-0.1, -0.05) is 6.92 Å². The fraction of sp³-hybridized carbons (Fsp3) is 1.00.